The summed E-state index contributed by atoms with van der Waals surface area (Å²) in [6.45, 7) is 0.386. The van der Waals surface area contributed by atoms with Gasteiger partial charge in [-0.15, -0.1) is 0 Å². The number of aliphatic carboxylic acids is 1. The van der Waals surface area contributed by atoms with E-state index in [1.165, 1.54) is 0 Å². The van der Waals surface area contributed by atoms with Crippen LogP contribution in [0.1, 0.15) is 12.0 Å². The summed E-state index contributed by atoms with van der Waals surface area (Å²) >= 11 is 6.01. The molecule has 1 aromatic rings. The van der Waals surface area contributed by atoms with Gasteiger partial charge < -0.3 is 10.8 Å². The molecule has 2 rings (SSSR count). The van der Waals surface area contributed by atoms with Crippen LogP contribution in [-0.2, 0) is 10.2 Å². The molecule has 15 heavy (non-hydrogen) atoms. The Balaban J connectivity index is 2.45. The van der Waals surface area contributed by atoms with Crippen molar-refractivity contribution >= 4 is 17.6 Å². The van der Waals surface area contributed by atoms with Gasteiger partial charge in [0.15, 0.2) is 0 Å². The van der Waals surface area contributed by atoms with Crippen LogP contribution in [-0.4, -0.2) is 17.6 Å². The van der Waals surface area contributed by atoms with Gasteiger partial charge in [-0.1, -0.05) is 29.8 Å². The molecule has 1 saturated carbocycles. The SMILES string of the molecule is NCC1CC1(C(=O)O)c1ccccc1Cl. The van der Waals surface area contributed by atoms with E-state index in [1.54, 1.807) is 24.3 Å². The van der Waals surface area contributed by atoms with Crippen molar-refractivity contribution < 1.29 is 9.90 Å². The highest BCUT2D eigenvalue weighted by atomic mass is 35.5. The largest absolute Gasteiger partial charge is 0.481 e. The van der Waals surface area contributed by atoms with E-state index in [0.29, 0.717) is 23.6 Å². The van der Waals surface area contributed by atoms with Crippen LogP contribution in [0.3, 0.4) is 0 Å². The smallest absolute Gasteiger partial charge is 0.314 e. The van der Waals surface area contributed by atoms with Crippen molar-refractivity contribution in [3.05, 3.63) is 34.9 Å². The monoisotopic (exact) mass is 225 g/mol. The Morgan fingerprint density at radius 1 is 1.60 bits per heavy atom. The third-order valence-corrected chi connectivity index (χ3v) is 3.46. The normalized spacial score (nSPS) is 28.8. The maximum absolute atomic E-state index is 11.3. The Kier molecular flexibility index (Phi) is 2.44. The van der Waals surface area contributed by atoms with Crippen LogP contribution in [0.2, 0.25) is 5.02 Å². The van der Waals surface area contributed by atoms with Crippen molar-refractivity contribution in [2.45, 2.75) is 11.8 Å². The first kappa shape index (κ1) is 10.5. The molecule has 0 amide bonds. The second-order valence-electron chi connectivity index (χ2n) is 3.89. The first-order chi connectivity index (χ1) is 7.13. The molecule has 1 fully saturated rings. The summed E-state index contributed by atoms with van der Waals surface area (Å²) in [5.74, 6) is -0.819. The Hall–Kier alpha value is -1.06. The van der Waals surface area contributed by atoms with Gasteiger partial charge in [-0.3, -0.25) is 4.79 Å². The fraction of sp³-hybridized carbons (Fsp3) is 0.364. The molecule has 0 saturated heterocycles. The van der Waals surface area contributed by atoms with Crippen molar-refractivity contribution in [1.82, 2.24) is 0 Å². The fourth-order valence-electron chi connectivity index (χ4n) is 2.14. The topological polar surface area (TPSA) is 63.3 Å². The molecule has 0 aromatic heterocycles. The summed E-state index contributed by atoms with van der Waals surface area (Å²) in [6.07, 6.45) is 0.586. The third kappa shape index (κ3) is 1.43. The van der Waals surface area contributed by atoms with Gasteiger partial charge in [0.25, 0.3) is 0 Å². The maximum Gasteiger partial charge on any atom is 0.314 e. The number of halogens is 1. The lowest BCUT2D eigenvalue weighted by atomic mass is 9.93. The number of nitrogens with two attached hydrogens (primary N) is 1. The van der Waals surface area contributed by atoms with Crippen molar-refractivity contribution in [2.75, 3.05) is 6.54 Å². The van der Waals surface area contributed by atoms with E-state index in [2.05, 4.69) is 0 Å². The molecule has 0 spiro atoms. The molecule has 0 heterocycles. The van der Waals surface area contributed by atoms with Crippen LogP contribution in [0.25, 0.3) is 0 Å². The Bertz CT molecular complexity index is 407. The number of benzene rings is 1. The fourth-order valence-corrected chi connectivity index (χ4v) is 2.45. The number of hydrogen-bond donors (Lipinski definition) is 2. The van der Waals surface area contributed by atoms with Crippen LogP contribution in [0.15, 0.2) is 24.3 Å². The predicted octanol–water partition coefficient (Wildman–Crippen LogP) is 1.64. The molecule has 3 nitrogen and oxygen atoms in total. The zero-order chi connectivity index (χ0) is 11.1. The Labute approximate surface area is 92.8 Å². The molecular formula is C11H12ClNO2. The molecular weight excluding hydrogens is 214 g/mol. The minimum absolute atomic E-state index is 0.00917. The maximum atomic E-state index is 11.3. The van der Waals surface area contributed by atoms with Crippen molar-refractivity contribution in [3.8, 4) is 0 Å². The van der Waals surface area contributed by atoms with Crippen molar-refractivity contribution in [2.24, 2.45) is 11.7 Å². The van der Waals surface area contributed by atoms with Crippen LogP contribution in [0.5, 0.6) is 0 Å². The van der Waals surface area contributed by atoms with E-state index in [9.17, 15) is 9.90 Å². The molecule has 1 aliphatic rings. The lowest BCUT2D eigenvalue weighted by molar-refractivity contribution is -0.140. The molecule has 4 heteroatoms. The highest BCUT2D eigenvalue weighted by Gasteiger charge is 2.61. The van der Waals surface area contributed by atoms with Gasteiger partial charge in [-0.05, 0) is 30.5 Å². The van der Waals surface area contributed by atoms with E-state index >= 15 is 0 Å². The van der Waals surface area contributed by atoms with Gasteiger partial charge in [0.2, 0.25) is 0 Å². The minimum atomic E-state index is -0.840. The Morgan fingerprint density at radius 2 is 2.27 bits per heavy atom. The number of carbonyl (C=O) groups is 1. The first-order valence-corrected chi connectivity index (χ1v) is 5.19. The summed E-state index contributed by atoms with van der Waals surface area (Å²) in [6, 6.07) is 7.08. The lowest BCUT2D eigenvalue weighted by Gasteiger charge is -2.13. The van der Waals surface area contributed by atoms with Crippen molar-refractivity contribution in [3.63, 3.8) is 0 Å². The van der Waals surface area contributed by atoms with E-state index in [0.717, 1.165) is 0 Å². The average Bonchev–Trinajstić information content (AvgIpc) is 2.94. The van der Waals surface area contributed by atoms with Crippen LogP contribution in [0.4, 0.5) is 0 Å². The van der Waals surface area contributed by atoms with Crippen molar-refractivity contribution in [1.29, 1.82) is 0 Å². The zero-order valence-electron chi connectivity index (χ0n) is 8.11. The predicted molar refractivity (Wildman–Crippen MR) is 57.9 cm³/mol. The van der Waals surface area contributed by atoms with E-state index in [1.807, 2.05) is 0 Å². The van der Waals surface area contributed by atoms with E-state index in [-0.39, 0.29) is 5.92 Å². The van der Waals surface area contributed by atoms with Crippen LogP contribution >= 0.6 is 11.6 Å². The number of rotatable bonds is 3. The molecule has 0 aliphatic heterocycles. The molecule has 0 bridgehead atoms. The lowest BCUT2D eigenvalue weighted by Crippen LogP contribution is -2.25. The van der Waals surface area contributed by atoms with Gasteiger partial charge in [0.05, 0.1) is 5.41 Å². The number of carboxylic acid groups (broad SMARTS) is 1. The third-order valence-electron chi connectivity index (χ3n) is 3.13. The number of carboxylic acids is 1. The highest BCUT2D eigenvalue weighted by Crippen LogP contribution is 2.55. The summed E-state index contributed by atoms with van der Waals surface area (Å²) in [5.41, 5.74) is 5.38. The summed E-state index contributed by atoms with van der Waals surface area (Å²) in [7, 11) is 0. The van der Waals surface area contributed by atoms with Gasteiger partial charge in [0, 0.05) is 5.02 Å². The number of hydrogen-bond acceptors (Lipinski definition) is 2. The molecule has 2 unspecified atom stereocenters. The van der Waals surface area contributed by atoms with Gasteiger partial charge in [0.1, 0.15) is 0 Å². The first-order valence-electron chi connectivity index (χ1n) is 4.81. The highest BCUT2D eigenvalue weighted by molar-refractivity contribution is 6.31. The summed E-state index contributed by atoms with van der Waals surface area (Å²) in [4.78, 5) is 11.3. The van der Waals surface area contributed by atoms with E-state index < -0.39 is 11.4 Å². The quantitative estimate of drug-likeness (QED) is 0.822. The average molecular weight is 226 g/mol. The molecule has 2 atom stereocenters. The molecule has 0 radical (unpaired) electrons. The van der Waals surface area contributed by atoms with Gasteiger partial charge in [-0.25, -0.2) is 0 Å². The van der Waals surface area contributed by atoms with E-state index in [4.69, 9.17) is 17.3 Å². The molecule has 1 aliphatic carbocycles. The Morgan fingerprint density at radius 3 is 2.73 bits per heavy atom. The second kappa shape index (κ2) is 3.51. The standard InChI is InChI=1S/C11H12ClNO2/c12-9-4-2-1-3-8(9)11(10(14)15)5-7(11)6-13/h1-4,7H,5-6,13H2,(H,14,15). The minimum Gasteiger partial charge on any atom is -0.481 e. The van der Waals surface area contributed by atoms with Crippen LogP contribution in [0, 0.1) is 5.92 Å². The van der Waals surface area contributed by atoms with Gasteiger partial charge >= 0.3 is 5.97 Å². The zero-order valence-corrected chi connectivity index (χ0v) is 8.87. The second-order valence-corrected chi connectivity index (χ2v) is 4.30. The summed E-state index contributed by atoms with van der Waals surface area (Å²) in [5, 5.41) is 9.78. The van der Waals surface area contributed by atoms with Crippen LogP contribution < -0.4 is 5.73 Å². The summed E-state index contributed by atoms with van der Waals surface area (Å²) < 4.78 is 0. The molecule has 1 aromatic carbocycles. The van der Waals surface area contributed by atoms with Gasteiger partial charge in [-0.2, -0.15) is 0 Å². The molecule has 80 valence electrons. The molecule has 3 N–H and O–H groups in total.